The van der Waals surface area contributed by atoms with Gasteiger partial charge in [-0.05, 0) is 42.5 Å². The fraction of sp³-hybridized carbons (Fsp3) is 0.105. The van der Waals surface area contributed by atoms with Crippen LogP contribution in [0.4, 0.5) is 13.2 Å². The van der Waals surface area contributed by atoms with Crippen molar-refractivity contribution in [3.63, 3.8) is 0 Å². The molecule has 0 aliphatic carbocycles. The first kappa shape index (κ1) is 19.9. The standard InChI is InChI=1S/C17H14N4O.C2HF3O2/c1-22-13-4-2-12(3-5-13)15-8-11-21(20-15)16-7-10-19-17-14(16)6-9-18-17;3-2(4,5)1(6)7/h2-11H,1H3,(H,18,19);(H,6,7). The highest BCUT2D eigenvalue weighted by atomic mass is 19.4. The third-order valence-corrected chi connectivity index (χ3v) is 3.90. The number of ether oxygens (including phenoxy) is 1. The van der Waals surface area contributed by atoms with Crippen molar-refractivity contribution in [2.75, 3.05) is 7.11 Å². The molecule has 0 aliphatic heterocycles. The number of alkyl halides is 3. The zero-order valence-electron chi connectivity index (χ0n) is 15.0. The van der Waals surface area contributed by atoms with Crippen molar-refractivity contribution in [1.82, 2.24) is 19.7 Å². The van der Waals surface area contributed by atoms with E-state index in [9.17, 15) is 13.2 Å². The number of rotatable bonds is 3. The number of aliphatic carboxylic acids is 1. The Labute approximate surface area is 162 Å². The maximum atomic E-state index is 10.6. The van der Waals surface area contributed by atoms with E-state index in [0.717, 1.165) is 33.7 Å². The molecule has 3 aromatic heterocycles. The van der Waals surface area contributed by atoms with Gasteiger partial charge in [-0.15, -0.1) is 0 Å². The number of methoxy groups -OCH3 is 1. The number of nitrogens with zero attached hydrogens (tertiary/aromatic N) is 3. The summed E-state index contributed by atoms with van der Waals surface area (Å²) in [6.07, 6.45) is 0.541. The Hall–Kier alpha value is -3.82. The van der Waals surface area contributed by atoms with Gasteiger partial charge in [0.1, 0.15) is 11.4 Å². The SMILES string of the molecule is COc1ccc(-c2ccn(-c3ccnc4[nH]ccc34)n2)cc1.O=C(O)C(F)(F)F. The Balaban J connectivity index is 0.000000298. The molecule has 0 radical (unpaired) electrons. The maximum absolute atomic E-state index is 10.6. The third-order valence-electron chi connectivity index (χ3n) is 3.90. The number of carboxylic acid groups (broad SMARTS) is 1. The first-order valence-corrected chi connectivity index (χ1v) is 8.22. The lowest BCUT2D eigenvalue weighted by Crippen LogP contribution is -2.21. The molecule has 4 aromatic rings. The first-order valence-electron chi connectivity index (χ1n) is 8.22. The predicted octanol–water partition coefficient (Wildman–Crippen LogP) is 4.06. The number of halogens is 3. The predicted molar refractivity (Wildman–Crippen MR) is 98.9 cm³/mol. The average molecular weight is 404 g/mol. The summed E-state index contributed by atoms with van der Waals surface area (Å²) in [6, 6.07) is 13.8. The molecule has 4 rings (SSSR count). The van der Waals surface area contributed by atoms with Gasteiger partial charge >= 0.3 is 12.1 Å². The van der Waals surface area contributed by atoms with Crippen LogP contribution in [-0.4, -0.2) is 44.1 Å². The van der Waals surface area contributed by atoms with Gasteiger partial charge in [0.25, 0.3) is 0 Å². The molecular weight excluding hydrogens is 389 g/mol. The first-order chi connectivity index (χ1) is 13.8. The van der Waals surface area contributed by atoms with Gasteiger partial charge in [0.05, 0.1) is 18.5 Å². The zero-order valence-corrected chi connectivity index (χ0v) is 15.0. The number of hydrogen-bond donors (Lipinski definition) is 2. The minimum absolute atomic E-state index is 0.839. The molecule has 0 saturated heterocycles. The third kappa shape index (κ3) is 4.54. The number of hydrogen-bond acceptors (Lipinski definition) is 4. The molecule has 1 aromatic carbocycles. The smallest absolute Gasteiger partial charge is 0.490 e. The summed E-state index contributed by atoms with van der Waals surface area (Å²) >= 11 is 0. The second kappa shape index (κ2) is 8.05. The summed E-state index contributed by atoms with van der Waals surface area (Å²) < 4.78 is 38.8. The van der Waals surface area contributed by atoms with E-state index in [2.05, 4.69) is 15.1 Å². The van der Waals surface area contributed by atoms with E-state index in [1.165, 1.54) is 0 Å². The van der Waals surface area contributed by atoms with Crippen LogP contribution in [0, 0.1) is 0 Å². The molecule has 10 heteroatoms. The fourth-order valence-corrected chi connectivity index (χ4v) is 2.52. The number of nitrogens with one attached hydrogen (secondary N) is 1. The Morgan fingerprint density at radius 3 is 2.45 bits per heavy atom. The van der Waals surface area contributed by atoms with Crippen LogP contribution in [0.5, 0.6) is 5.75 Å². The van der Waals surface area contributed by atoms with Crippen molar-refractivity contribution in [2.45, 2.75) is 6.18 Å². The monoisotopic (exact) mass is 404 g/mol. The van der Waals surface area contributed by atoms with Crippen LogP contribution >= 0.6 is 0 Å². The van der Waals surface area contributed by atoms with Crippen molar-refractivity contribution in [1.29, 1.82) is 0 Å². The van der Waals surface area contributed by atoms with Crippen LogP contribution in [0.2, 0.25) is 0 Å². The van der Waals surface area contributed by atoms with Gasteiger partial charge in [0.2, 0.25) is 0 Å². The van der Waals surface area contributed by atoms with E-state index in [4.69, 9.17) is 14.6 Å². The van der Waals surface area contributed by atoms with Gasteiger partial charge in [0, 0.05) is 29.5 Å². The number of fused-ring (bicyclic) bond motifs is 1. The number of carbonyl (C=O) groups is 1. The molecule has 150 valence electrons. The van der Waals surface area contributed by atoms with Gasteiger partial charge in [-0.2, -0.15) is 18.3 Å². The maximum Gasteiger partial charge on any atom is 0.490 e. The number of H-pyrrole nitrogens is 1. The number of aromatic nitrogens is 4. The lowest BCUT2D eigenvalue weighted by molar-refractivity contribution is -0.192. The van der Waals surface area contributed by atoms with E-state index in [1.807, 2.05) is 59.5 Å². The van der Waals surface area contributed by atoms with Gasteiger partial charge in [0.15, 0.2) is 0 Å². The summed E-state index contributed by atoms with van der Waals surface area (Å²) in [5.74, 6) is -1.92. The molecule has 0 amide bonds. The Morgan fingerprint density at radius 1 is 1.14 bits per heavy atom. The quantitative estimate of drug-likeness (QED) is 0.537. The lowest BCUT2D eigenvalue weighted by Gasteiger charge is -2.03. The van der Waals surface area contributed by atoms with E-state index in [-0.39, 0.29) is 0 Å². The van der Waals surface area contributed by atoms with Crippen molar-refractivity contribution in [3.05, 3.63) is 61.1 Å². The highest BCUT2D eigenvalue weighted by molar-refractivity contribution is 5.84. The van der Waals surface area contributed by atoms with Crippen LogP contribution in [0.3, 0.4) is 0 Å². The summed E-state index contributed by atoms with van der Waals surface area (Å²) in [6.45, 7) is 0. The zero-order chi connectivity index (χ0) is 21.0. The second-order valence-electron chi connectivity index (χ2n) is 5.75. The molecule has 0 saturated carbocycles. The molecule has 3 heterocycles. The minimum atomic E-state index is -5.08. The van der Waals surface area contributed by atoms with E-state index < -0.39 is 12.1 Å². The van der Waals surface area contributed by atoms with Crippen LogP contribution in [0.15, 0.2) is 61.1 Å². The van der Waals surface area contributed by atoms with Crippen molar-refractivity contribution < 1.29 is 27.8 Å². The normalized spacial score (nSPS) is 11.0. The van der Waals surface area contributed by atoms with Crippen LogP contribution in [0.1, 0.15) is 0 Å². The molecule has 29 heavy (non-hydrogen) atoms. The highest BCUT2D eigenvalue weighted by Gasteiger charge is 2.38. The molecule has 0 fully saturated rings. The molecule has 0 bridgehead atoms. The summed E-state index contributed by atoms with van der Waals surface area (Å²) in [5, 5.41) is 12.8. The van der Waals surface area contributed by atoms with Crippen molar-refractivity contribution >= 4 is 17.0 Å². The van der Waals surface area contributed by atoms with Crippen LogP contribution in [-0.2, 0) is 4.79 Å². The van der Waals surface area contributed by atoms with Crippen LogP contribution in [0.25, 0.3) is 28.0 Å². The Morgan fingerprint density at radius 2 is 1.83 bits per heavy atom. The largest absolute Gasteiger partial charge is 0.497 e. The van der Waals surface area contributed by atoms with Crippen molar-refractivity contribution in [2.24, 2.45) is 0 Å². The molecule has 0 spiro atoms. The van der Waals surface area contributed by atoms with Gasteiger partial charge in [-0.25, -0.2) is 14.5 Å². The molecule has 2 N–H and O–H groups in total. The van der Waals surface area contributed by atoms with E-state index in [0.29, 0.717) is 0 Å². The summed E-state index contributed by atoms with van der Waals surface area (Å²) in [5.41, 5.74) is 3.84. The fourth-order valence-electron chi connectivity index (χ4n) is 2.52. The highest BCUT2D eigenvalue weighted by Crippen LogP contribution is 2.24. The van der Waals surface area contributed by atoms with E-state index >= 15 is 0 Å². The van der Waals surface area contributed by atoms with Gasteiger partial charge in [-0.3, -0.25) is 0 Å². The second-order valence-corrected chi connectivity index (χ2v) is 5.75. The Bertz CT molecular complexity index is 1120. The molecular formula is C19H15F3N4O3. The number of aromatic amines is 1. The van der Waals surface area contributed by atoms with Crippen LogP contribution < -0.4 is 4.74 Å². The lowest BCUT2D eigenvalue weighted by atomic mass is 10.1. The average Bonchev–Trinajstić information content (AvgIpc) is 3.37. The topological polar surface area (TPSA) is 93.0 Å². The Kier molecular flexibility index (Phi) is 5.53. The molecule has 7 nitrogen and oxygen atoms in total. The molecule has 0 unspecified atom stereocenters. The number of pyridine rings is 1. The van der Waals surface area contributed by atoms with Gasteiger partial charge < -0.3 is 14.8 Å². The molecule has 0 aliphatic rings. The van der Waals surface area contributed by atoms with E-state index in [1.54, 1.807) is 13.3 Å². The number of carboxylic acids is 1. The van der Waals surface area contributed by atoms with Crippen molar-refractivity contribution in [3.8, 4) is 22.7 Å². The summed E-state index contributed by atoms with van der Waals surface area (Å²) in [7, 11) is 1.66. The molecule has 0 atom stereocenters. The summed E-state index contributed by atoms with van der Waals surface area (Å²) in [4.78, 5) is 16.3. The number of benzene rings is 1. The minimum Gasteiger partial charge on any atom is -0.497 e. The van der Waals surface area contributed by atoms with Gasteiger partial charge in [-0.1, -0.05) is 0 Å².